The van der Waals surface area contributed by atoms with E-state index >= 15 is 0 Å². The van der Waals surface area contributed by atoms with Crippen molar-refractivity contribution < 1.29 is 9.90 Å². The number of carbonyl (C=O) groups excluding carboxylic acids is 1. The first-order chi connectivity index (χ1) is 8.67. The van der Waals surface area contributed by atoms with Gasteiger partial charge in [0.2, 0.25) is 5.91 Å². The molecule has 0 spiro atoms. The van der Waals surface area contributed by atoms with Crippen LogP contribution in [-0.2, 0) is 4.79 Å². The summed E-state index contributed by atoms with van der Waals surface area (Å²) in [6.07, 6.45) is 3.95. The number of rotatable bonds is 5. The average Bonchev–Trinajstić information content (AvgIpc) is 2.77. The Hall–Kier alpha value is -1.38. The molecule has 1 unspecified atom stereocenters. The first-order valence-corrected chi connectivity index (χ1v) is 6.85. The van der Waals surface area contributed by atoms with Crippen LogP contribution < -0.4 is 5.32 Å². The molecule has 1 heterocycles. The molecule has 0 saturated carbocycles. The molecule has 2 N–H and O–H groups in total. The highest BCUT2D eigenvalue weighted by molar-refractivity contribution is 7.16. The van der Waals surface area contributed by atoms with Crippen LogP contribution in [-0.4, -0.2) is 22.6 Å². The van der Waals surface area contributed by atoms with Crippen molar-refractivity contribution >= 4 is 22.4 Å². The van der Waals surface area contributed by atoms with Gasteiger partial charge in [-0.05, 0) is 6.42 Å². The second-order valence-electron chi connectivity index (χ2n) is 3.98. The summed E-state index contributed by atoms with van der Waals surface area (Å²) < 4.78 is 0. The van der Waals surface area contributed by atoms with E-state index in [1.54, 1.807) is 6.20 Å². The van der Waals surface area contributed by atoms with E-state index in [0.717, 1.165) is 17.7 Å². The monoisotopic (exact) mass is 266 g/mol. The highest BCUT2D eigenvalue weighted by Crippen LogP contribution is 2.18. The van der Waals surface area contributed by atoms with E-state index in [4.69, 9.17) is 5.11 Å². The molecule has 5 heteroatoms. The van der Waals surface area contributed by atoms with Gasteiger partial charge in [-0.25, -0.2) is 4.98 Å². The molecule has 1 aromatic rings. The lowest BCUT2D eigenvalue weighted by Gasteiger charge is -2.08. The lowest BCUT2D eigenvalue weighted by Crippen LogP contribution is -2.19. The van der Waals surface area contributed by atoms with Crippen LogP contribution in [0.25, 0.3) is 0 Å². The van der Waals surface area contributed by atoms with Crippen molar-refractivity contribution in [2.24, 2.45) is 5.92 Å². The maximum atomic E-state index is 11.8. The third kappa shape index (κ3) is 4.86. The molecule has 1 amide bonds. The van der Waals surface area contributed by atoms with Gasteiger partial charge in [-0.2, -0.15) is 0 Å². The summed E-state index contributed by atoms with van der Waals surface area (Å²) in [5.74, 6) is 5.71. The molecule has 0 fully saturated rings. The highest BCUT2D eigenvalue weighted by atomic mass is 32.1. The van der Waals surface area contributed by atoms with E-state index < -0.39 is 0 Å². The van der Waals surface area contributed by atoms with E-state index in [0.29, 0.717) is 11.6 Å². The molecule has 4 nitrogen and oxygen atoms in total. The summed E-state index contributed by atoms with van der Waals surface area (Å²) in [6.45, 7) is 4.03. The highest BCUT2D eigenvalue weighted by Gasteiger charge is 2.13. The number of aromatic nitrogens is 1. The zero-order chi connectivity index (χ0) is 13.4. The van der Waals surface area contributed by atoms with Crippen molar-refractivity contribution in [3.8, 4) is 11.8 Å². The zero-order valence-electron chi connectivity index (χ0n) is 10.7. The van der Waals surface area contributed by atoms with Gasteiger partial charge in [0, 0.05) is 12.3 Å². The molecular formula is C13H18N2O2S. The number of aliphatic hydroxyl groups excluding tert-OH is 1. The van der Waals surface area contributed by atoms with E-state index in [-0.39, 0.29) is 18.4 Å². The van der Waals surface area contributed by atoms with E-state index in [1.807, 2.05) is 6.92 Å². The quantitative estimate of drug-likeness (QED) is 0.804. The minimum absolute atomic E-state index is 0.000988. The standard InChI is InChI=1S/C13H18N2O2S/c1-3-6-10(2)12(17)15-13-14-9-11(18-13)7-4-5-8-16/h9-10,16H,3,5-6,8H2,1-2H3,(H,14,15,17). The number of carbonyl (C=O) groups is 1. The summed E-state index contributed by atoms with van der Waals surface area (Å²) in [6, 6.07) is 0. The smallest absolute Gasteiger partial charge is 0.228 e. The van der Waals surface area contributed by atoms with Crippen LogP contribution in [0, 0.1) is 17.8 Å². The molecule has 1 aromatic heterocycles. The molecule has 1 rings (SSSR count). The Morgan fingerprint density at radius 2 is 2.44 bits per heavy atom. The number of nitrogens with zero attached hydrogens (tertiary/aromatic N) is 1. The van der Waals surface area contributed by atoms with Gasteiger partial charge in [0.1, 0.15) is 0 Å². The first-order valence-electron chi connectivity index (χ1n) is 6.03. The van der Waals surface area contributed by atoms with Gasteiger partial charge in [-0.1, -0.05) is 43.4 Å². The number of hydrogen-bond acceptors (Lipinski definition) is 4. The van der Waals surface area contributed by atoms with Gasteiger partial charge in [0.15, 0.2) is 5.13 Å². The molecule has 0 aliphatic rings. The van der Waals surface area contributed by atoms with Crippen LogP contribution in [0.15, 0.2) is 6.20 Å². The Bertz CT molecular complexity index is 445. The second-order valence-corrected chi connectivity index (χ2v) is 5.01. The molecule has 0 bridgehead atoms. The topological polar surface area (TPSA) is 62.2 Å². The third-order valence-corrected chi connectivity index (χ3v) is 3.18. The molecule has 0 aromatic carbocycles. The summed E-state index contributed by atoms with van der Waals surface area (Å²) in [5, 5.41) is 12.0. The van der Waals surface area contributed by atoms with Gasteiger partial charge in [0.05, 0.1) is 17.7 Å². The third-order valence-electron chi connectivity index (χ3n) is 2.35. The molecule has 1 atom stereocenters. The normalized spacial score (nSPS) is 11.5. The number of nitrogens with one attached hydrogen (secondary N) is 1. The lowest BCUT2D eigenvalue weighted by atomic mass is 10.1. The Morgan fingerprint density at radius 3 is 3.11 bits per heavy atom. The maximum Gasteiger partial charge on any atom is 0.228 e. The van der Waals surface area contributed by atoms with Crippen molar-refractivity contribution in [1.82, 2.24) is 4.98 Å². The van der Waals surface area contributed by atoms with Gasteiger partial charge < -0.3 is 10.4 Å². The number of hydrogen-bond donors (Lipinski definition) is 2. The van der Waals surface area contributed by atoms with Crippen molar-refractivity contribution in [1.29, 1.82) is 0 Å². The molecule has 0 radical (unpaired) electrons. The van der Waals surface area contributed by atoms with Gasteiger partial charge in [-0.3, -0.25) is 4.79 Å². The van der Waals surface area contributed by atoms with E-state index in [9.17, 15) is 4.79 Å². The summed E-state index contributed by atoms with van der Waals surface area (Å²) >= 11 is 1.35. The summed E-state index contributed by atoms with van der Waals surface area (Å²) in [4.78, 5) is 16.7. The fourth-order valence-electron chi connectivity index (χ4n) is 1.39. The molecule has 0 saturated heterocycles. The minimum atomic E-state index is 0.000988. The fraction of sp³-hybridized carbons (Fsp3) is 0.538. The summed E-state index contributed by atoms with van der Waals surface area (Å²) in [7, 11) is 0. The zero-order valence-corrected chi connectivity index (χ0v) is 11.5. The minimum Gasteiger partial charge on any atom is -0.395 e. The molecule has 0 aliphatic heterocycles. The Kier molecular flexibility index (Phi) is 6.40. The molecule has 0 aliphatic carbocycles. The van der Waals surface area contributed by atoms with Gasteiger partial charge >= 0.3 is 0 Å². The predicted octanol–water partition coefficient (Wildman–Crippen LogP) is 2.25. The van der Waals surface area contributed by atoms with Crippen molar-refractivity contribution in [3.63, 3.8) is 0 Å². The van der Waals surface area contributed by atoms with Gasteiger partial charge in [-0.15, -0.1) is 0 Å². The van der Waals surface area contributed by atoms with Crippen LogP contribution in [0.3, 0.4) is 0 Å². The number of anilines is 1. The number of thiazole rings is 1. The first kappa shape index (κ1) is 14.7. The Morgan fingerprint density at radius 1 is 1.67 bits per heavy atom. The van der Waals surface area contributed by atoms with Gasteiger partial charge in [0.25, 0.3) is 0 Å². The SMILES string of the molecule is CCCC(C)C(=O)Nc1ncc(C#CCCO)s1. The predicted molar refractivity (Wildman–Crippen MR) is 73.4 cm³/mol. The largest absolute Gasteiger partial charge is 0.395 e. The second kappa shape index (κ2) is 7.85. The molecular weight excluding hydrogens is 248 g/mol. The van der Waals surface area contributed by atoms with Crippen LogP contribution in [0.1, 0.15) is 38.0 Å². The fourth-order valence-corrected chi connectivity index (χ4v) is 2.08. The van der Waals surface area contributed by atoms with E-state index in [1.165, 1.54) is 11.3 Å². The Labute approximate surface area is 111 Å². The molecule has 18 heavy (non-hydrogen) atoms. The number of aliphatic hydroxyl groups is 1. The van der Waals surface area contributed by atoms with Crippen molar-refractivity contribution in [2.75, 3.05) is 11.9 Å². The Balaban J connectivity index is 2.54. The number of amides is 1. The van der Waals surface area contributed by atoms with E-state index in [2.05, 4.69) is 29.1 Å². The van der Waals surface area contributed by atoms with Crippen LogP contribution in [0.4, 0.5) is 5.13 Å². The van der Waals surface area contributed by atoms with Crippen LogP contribution >= 0.6 is 11.3 Å². The molecule has 98 valence electrons. The van der Waals surface area contributed by atoms with Crippen molar-refractivity contribution in [3.05, 3.63) is 11.1 Å². The van der Waals surface area contributed by atoms with Crippen LogP contribution in [0.2, 0.25) is 0 Å². The summed E-state index contributed by atoms with van der Waals surface area (Å²) in [5.41, 5.74) is 0. The van der Waals surface area contributed by atoms with Crippen LogP contribution in [0.5, 0.6) is 0 Å². The van der Waals surface area contributed by atoms with Crippen molar-refractivity contribution in [2.45, 2.75) is 33.1 Å². The maximum absolute atomic E-state index is 11.8. The average molecular weight is 266 g/mol. The lowest BCUT2D eigenvalue weighted by molar-refractivity contribution is -0.119.